The Kier molecular flexibility index (Phi) is 10.2. The standard InChI is InChI=1S/C26H23F3N4O.H3NO2S/c27-26(28,29)20-13-15-21(16-14-20)31-25(34)30-17-7-10-22-18-24(19-8-3-1-4-9-19)33(32-22)23-11-5-2-6-12-23;1-4(2)3/h1-6,8-9,11-16,18H,7,10,17H2,(H2,30,31,34);1H2,(H,2,3)/p-1. The molecule has 4 N–H and O–H groups in total. The van der Waals surface area contributed by atoms with Crippen molar-refractivity contribution in [3.8, 4) is 16.9 Å². The van der Waals surface area contributed by atoms with E-state index in [0.29, 0.717) is 25.1 Å². The van der Waals surface area contributed by atoms with Gasteiger partial charge < -0.3 is 15.2 Å². The van der Waals surface area contributed by atoms with Gasteiger partial charge in [0.15, 0.2) is 0 Å². The normalized spacial score (nSPS) is 11.7. The molecule has 38 heavy (non-hydrogen) atoms. The van der Waals surface area contributed by atoms with Crippen LogP contribution in [0.5, 0.6) is 0 Å². The number of para-hydroxylation sites is 1. The van der Waals surface area contributed by atoms with Crippen molar-refractivity contribution in [1.82, 2.24) is 15.1 Å². The average molecular weight is 545 g/mol. The van der Waals surface area contributed by atoms with Crippen LogP contribution in [0.1, 0.15) is 17.7 Å². The van der Waals surface area contributed by atoms with Gasteiger partial charge in [0.1, 0.15) is 0 Å². The molecule has 4 rings (SSSR count). The summed E-state index contributed by atoms with van der Waals surface area (Å²) in [5, 5.41) is 14.1. The minimum atomic E-state index is -4.41. The molecule has 0 aliphatic carbocycles. The van der Waals surface area contributed by atoms with Crippen LogP contribution in [0, 0.1) is 0 Å². The van der Waals surface area contributed by atoms with Crippen molar-refractivity contribution < 1.29 is 26.7 Å². The van der Waals surface area contributed by atoms with Crippen LogP contribution in [0.2, 0.25) is 0 Å². The zero-order valence-electron chi connectivity index (χ0n) is 20.0. The Balaban J connectivity index is 0.000000934. The maximum Gasteiger partial charge on any atom is 0.416 e. The van der Waals surface area contributed by atoms with E-state index >= 15 is 0 Å². The van der Waals surface area contributed by atoms with Crippen molar-refractivity contribution in [2.24, 2.45) is 5.14 Å². The molecule has 0 spiro atoms. The number of urea groups is 1. The quantitative estimate of drug-likeness (QED) is 0.222. The van der Waals surface area contributed by atoms with Gasteiger partial charge in [0.05, 0.1) is 22.6 Å². The molecule has 1 unspecified atom stereocenters. The monoisotopic (exact) mass is 544 g/mol. The third kappa shape index (κ3) is 8.83. The molecule has 2 amide bonds. The zero-order chi connectivity index (χ0) is 27.5. The van der Waals surface area contributed by atoms with Gasteiger partial charge >= 0.3 is 12.2 Å². The van der Waals surface area contributed by atoms with Gasteiger partial charge in [0.25, 0.3) is 0 Å². The Morgan fingerprint density at radius 1 is 0.974 bits per heavy atom. The summed E-state index contributed by atoms with van der Waals surface area (Å²) in [5.41, 5.74) is 3.42. The maximum absolute atomic E-state index is 12.6. The molecule has 1 atom stereocenters. The van der Waals surface area contributed by atoms with E-state index in [2.05, 4.69) is 15.8 Å². The number of hydrogen-bond acceptors (Lipinski definition) is 4. The number of rotatable bonds is 7. The molecule has 0 aliphatic heterocycles. The van der Waals surface area contributed by atoms with Gasteiger partial charge in [-0.05, 0) is 55.3 Å². The summed E-state index contributed by atoms with van der Waals surface area (Å²) in [7, 11) is 0. The lowest BCUT2D eigenvalue weighted by Gasteiger charge is -2.09. The Morgan fingerprint density at radius 2 is 1.55 bits per heavy atom. The Hall–Kier alpha value is -4.00. The van der Waals surface area contributed by atoms with Crippen LogP contribution in [-0.2, 0) is 23.9 Å². The average Bonchev–Trinajstić information content (AvgIpc) is 3.31. The second kappa shape index (κ2) is 13.5. The minimum Gasteiger partial charge on any atom is -0.760 e. The van der Waals surface area contributed by atoms with E-state index in [0.717, 1.165) is 34.8 Å². The smallest absolute Gasteiger partial charge is 0.416 e. The molecule has 0 bridgehead atoms. The summed E-state index contributed by atoms with van der Waals surface area (Å²) in [4.78, 5) is 12.1. The molecule has 0 saturated heterocycles. The van der Waals surface area contributed by atoms with E-state index in [4.69, 9.17) is 13.9 Å². The van der Waals surface area contributed by atoms with Crippen molar-refractivity contribution in [2.75, 3.05) is 11.9 Å². The second-order valence-electron chi connectivity index (χ2n) is 7.95. The van der Waals surface area contributed by atoms with Gasteiger partial charge in [-0.3, -0.25) is 9.35 Å². The molecule has 3 aromatic carbocycles. The first-order chi connectivity index (χ1) is 18.1. The number of nitrogens with one attached hydrogen (secondary N) is 2. The number of benzene rings is 3. The number of nitrogens with zero attached hydrogens (tertiary/aromatic N) is 2. The van der Waals surface area contributed by atoms with Gasteiger partial charge in [-0.15, -0.1) is 0 Å². The molecule has 8 nitrogen and oxygen atoms in total. The Labute approximate surface area is 220 Å². The lowest BCUT2D eigenvalue weighted by molar-refractivity contribution is -0.137. The molecule has 0 radical (unpaired) electrons. The molecule has 0 aliphatic rings. The van der Waals surface area contributed by atoms with Crippen LogP contribution >= 0.6 is 0 Å². The van der Waals surface area contributed by atoms with Gasteiger partial charge in [-0.25, -0.2) is 9.48 Å². The zero-order valence-corrected chi connectivity index (χ0v) is 20.8. The molecule has 1 heterocycles. The number of amides is 2. The van der Waals surface area contributed by atoms with Gasteiger partial charge in [0, 0.05) is 29.1 Å². The first-order valence-corrected chi connectivity index (χ1v) is 12.5. The molecule has 0 saturated carbocycles. The van der Waals surface area contributed by atoms with Crippen molar-refractivity contribution in [2.45, 2.75) is 19.0 Å². The number of aromatic nitrogens is 2. The number of alkyl halides is 3. The highest BCUT2D eigenvalue weighted by molar-refractivity contribution is 7.76. The predicted molar refractivity (Wildman–Crippen MR) is 139 cm³/mol. The van der Waals surface area contributed by atoms with E-state index in [1.807, 2.05) is 71.4 Å². The highest BCUT2D eigenvalue weighted by Crippen LogP contribution is 2.29. The van der Waals surface area contributed by atoms with Crippen molar-refractivity contribution >= 4 is 23.0 Å². The number of nitrogens with two attached hydrogens (primary N) is 1. The fourth-order valence-corrected chi connectivity index (χ4v) is 3.52. The van der Waals surface area contributed by atoms with Crippen molar-refractivity contribution in [3.63, 3.8) is 0 Å². The lowest BCUT2D eigenvalue weighted by Crippen LogP contribution is -2.29. The van der Waals surface area contributed by atoms with E-state index in [-0.39, 0.29) is 0 Å². The van der Waals surface area contributed by atoms with Crippen LogP contribution in [0.3, 0.4) is 0 Å². The van der Waals surface area contributed by atoms with E-state index in [1.54, 1.807) is 0 Å². The highest BCUT2D eigenvalue weighted by Gasteiger charge is 2.30. The second-order valence-corrected chi connectivity index (χ2v) is 8.48. The molecular weight excluding hydrogens is 519 g/mol. The largest absolute Gasteiger partial charge is 0.760 e. The number of anilines is 1. The van der Waals surface area contributed by atoms with Crippen LogP contribution in [0.25, 0.3) is 16.9 Å². The van der Waals surface area contributed by atoms with E-state index < -0.39 is 29.0 Å². The molecule has 1 aromatic heterocycles. The van der Waals surface area contributed by atoms with Crippen LogP contribution < -0.4 is 15.8 Å². The Morgan fingerprint density at radius 3 is 2.13 bits per heavy atom. The Bertz CT molecular complexity index is 1270. The highest BCUT2D eigenvalue weighted by atomic mass is 32.2. The molecule has 200 valence electrons. The maximum atomic E-state index is 12.6. The summed E-state index contributed by atoms with van der Waals surface area (Å²) < 4.78 is 57.4. The first-order valence-electron chi connectivity index (χ1n) is 11.4. The molecule has 12 heteroatoms. The molecular formula is C26H25F3N5O3S-. The number of halogens is 3. The SMILES string of the molecule is NS(=O)[O-].O=C(NCCCc1cc(-c2ccccc2)n(-c2ccccc2)n1)Nc1ccc(C(F)(F)F)cc1. The molecule has 0 fully saturated rings. The van der Waals surface area contributed by atoms with Gasteiger partial charge in [-0.1, -0.05) is 48.5 Å². The fraction of sp³-hybridized carbons (Fsp3) is 0.154. The predicted octanol–water partition coefficient (Wildman–Crippen LogP) is 5.05. The van der Waals surface area contributed by atoms with Gasteiger partial charge in [-0.2, -0.15) is 18.3 Å². The third-order valence-corrected chi connectivity index (χ3v) is 5.20. The topological polar surface area (TPSA) is 125 Å². The summed E-state index contributed by atoms with van der Waals surface area (Å²) in [6, 6.07) is 25.8. The third-order valence-electron chi connectivity index (χ3n) is 5.20. The minimum absolute atomic E-state index is 0.291. The van der Waals surface area contributed by atoms with E-state index in [9.17, 15) is 18.0 Å². The number of aryl methyl sites for hydroxylation is 1. The molecule has 4 aromatic rings. The van der Waals surface area contributed by atoms with Crippen LogP contribution in [0.4, 0.5) is 23.7 Å². The summed E-state index contributed by atoms with van der Waals surface area (Å²) in [5.74, 6) is 0. The number of hydrogen-bond donors (Lipinski definition) is 3. The van der Waals surface area contributed by atoms with Crippen LogP contribution in [-0.4, -0.2) is 31.1 Å². The summed E-state index contributed by atoms with van der Waals surface area (Å²) >= 11 is -2.36. The van der Waals surface area contributed by atoms with Crippen LogP contribution in [0.15, 0.2) is 91.0 Å². The van der Waals surface area contributed by atoms with E-state index in [1.165, 1.54) is 12.1 Å². The fourth-order valence-electron chi connectivity index (χ4n) is 3.52. The first kappa shape index (κ1) is 28.6. The number of carbonyl (C=O) groups excluding carboxylic acids is 1. The van der Waals surface area contributed by atoms with Crippen molar-refractivity contribution in [3.05, 3.63) is 102 Å². The van der Waals surface area contributed by atoms with Gasteiger partial charge in [0.2, 0.25) is 0 Å². The summed E-state index contributed by atoms with van der Waals surface area (Å²) in [6.45, 7) is 0.394. The lowest BCUT2D eigenvalue weighted by atomic mass is 10.1. The number of carbonyl (C=O) groups is 1. The van der Waals surface area contributed by atoms with Crippen molar-refractivity contribution in [1.29, 1.82) is 0 Å². The summed E-state index contributed by atoms with van der Waals surface area (Å²) in [6.07, 6.45) is -3.10.